The molecule has 0 bridgehead atoms. The molecule has 0 N–H and O–H groups in total. The minimum Gasteiger partial charge on any atom is -0.494 e. The summed E-state index contributed by atoms with van der Waals surface area (Å²) in [6, 6.07) is 9.39. The van der Waals surface area contributed by atoms with Crippen LogP contribution in [0.3, 0.4) is 0 Å². The van der Waals surface area contributed by atoms with Gasteiger partial charge in [-0.25, -0.2) is 0 Å². The molecule has 19 heavy (non-hydrogen) atoms. The van der Waals surface area contributed by atoms with E-state index in [-0.39, 0.29) is 0 Å². The molecule has 2 nitrogen and oxygen atoms in total. The molecule has 0 aliphatic carbocycles. The molecule has 0 saturated heterocycles. The number of nitrogens with zero attached hydrogens (tertiary/aromatic N) is 1. The molecule has 0 radical (unpaired) electrons. The molecule has 1 rings (SSSR count). The number of thiol groups is 1. The standard InChI is InChI=1S/C16H23NOS/c17-14-15-8-10-16(11-9-15)18-12-6-4-2-1-3-5-7-13-19/h8-11,19H,1-7,12-13H2. The Morgan fingerprint density at radius 2 is 1.47 bits per heavy atom. The molecule has 0 unspecified atom stereocenters. The van der Waals surface area contributed by atoms with Crippen LogP contribution in [-0.4, -0.2) is 12.4 Å². The normalized spacial score (nSPS) is 10.1. The minimum atomic E-state index is 0.675. The number of rotatable bonds is 10. The lowest BCUT2D eigenvalue weighted by Gasteiger charge is -2.06. The van der Waals surface area contributed by atoms with Crippen LogP contribution in [-0.2, 0) is 0 Å². The molecule has 0 aliphatic heterocycles. The van der Waals surface area contributed by atoms with Crippen molar-refractivity contribution in [2.75, 3.05) is 12.4 Å². The Labute approximate surface area is 122 Å². The molecule has 0 saturated carbocycles. The van der Waals surface area contributed by atoms with Gasteiger partial charge in [-0.1, -0.05) is 32.1 Å². The van der Waals surface area contributed by atoms with E-state index in [1.165, 1.54) is 38.5 Å². The van der Waals surface area contributed by atoms with Crippen molar-refractivity contribution in [2.24, 2.45) is 0 Å². The number of hydrogen-bond acceptors (Lipinski definition) is 3. The van der Waals surface area contributed by atoms with Gasteiger partial charge < -0.3 is 4.74 Å². The van der Waals surface area contributed by atoms with Gasteiger partial charge in [0.15, 0.2) is 0 Å². The van der Waals surface area contributed by atoms with Gasteiger partial charge in [-0.05, 0) is 42.9 Å². The fraction of sp³-hybridized carbons (Fsp3) is 0.562. The van der Waals surface area contributed by atoms with Gasteiger partial charge in [0.25, 0.3) is 0 Å². The second kappa shape index (κ2) is 10.8. The van der Waals surface area contributed by atoms with E-state index in [0.717, 1.165) is 24.5 Å². The van der Waals surface area contributed by atoms with E-state index in [9.17, 15) is 0 Å². The molecular formula is C16H23NOS. The summed E-state index contributed by atoms with van der Waals surface area (Å²) in [5.41, 5.74) is 0.675. The van der Waals surface area contributed by atoms with E-state index in [1.807, 2.05) is 12.1 Å². The van der Waals surface area contributed by atoms with Gasteiger partial charge in [0, 0.05) is 0 Å². The first-order valence-corrected chi connectivity index (χ1v) is 7.74. The summed E-state index contributed by atoms with van der Waals surface area (Å²) in [5, 5.41) is 8.68. The van der Waals surface area contributed by atoms with E-state index in [2.05, 4.69) is 18.7 Å². The van der Waals surface area contributed by atoms with Gasteiger partial charge >= 0.3 is 0 Å². The van der Waals surface area contributed by atoms with Crippen molar-refractivity contribution >= 4 is 12.6 Å². The first-order chi connectivity index (χ1) is 9.36. The van der Waals surface area contributed by atoms with Gasteiger partial charge in [0.1, 0.15) is 5.75 Å². The number of nitriles is 1. The largest absolute Gasteiger partial charge is 0.494 e. The summed E-state index contributed by atoms with van der Waals surface area (Å²) in [7, 11) is 0. The summed E-state index contributed by atoms with van der Waals surface area (Å²) in [5.74, 6) is 1.87. The highest BCUT2D eigenvalue weighted by Gasteiger charge is 1.95. The maximum absolute atomic E-state index is 8.68. The zero-order chi connectivity index (χ0) is 13.8. The minimum absolute atomic E-state index is 0.675. The van der Waals surface area contributed by atoms with Gasteiger partial charge in [-0.3, -0.25) is 0 Å². The monoisotopic (exact) mass is 277 g/mol. The van der Waals surface area contributed by atoms with E-state index < -0.39 is 0 Å². The molecule has 0 atom stereocenters. The second-order valence-corrected chi connectivity index (χ2v) is 5.13. The maximum Gasteiger partial charge on any atom is 0.119 e. The Hall–Kier alpha value is -1.14. The Balaban J connectivity index is 1.97. The summed E-state index contributed by atoms with van der Waals surface area (Å²) < 4.78 is 5.63. The summed E-state index contributed by atoms with van der Waals surface area (Å²) >= 11 is 4.20. The van der Waals surface area contributed by atoms with Crippen LogP contribution in [0.5, 0.6) is 5.75 Å². The molecule has 3 heteroatoms. The van der Waals surface area contributed by atoms with Crippen molar-refractivity contribution in [1.82, 2.24) is 0 Å². The molecular weight excluding hydrogens is 254 g/mol. The quantitative estimate of drug-likeness (QED) is 0.501. The zero-order valence-electron chi connectivity index (χ0n) is 11.5. The average Bonchev–Trinajstić information content (AvgIpc) is 2.46. The molecule has 0 amide bonds. The number of benzene rings is 1. The van der Waals surface area contributed by atoms with Crippen LogP contribution < -0.4 is 4.74 Å². The lowest BCUT2D eigenvalue weighted by Crippen LogP contribution is -1.97. The van der Waals surface area contributed by atoms with Gasteiger partial charge in [0.2, 0.25) is 0 Å². The third-order valence-electron chi connectivity index (χ3n) is 3.05. The maximum atomic E-state index is 8.68. The summed E-state index contributed by atoms with van der Waals surface area (Å²) in [6.45, 7) is 0.766. The predicted octanol–water partition coefficient (Wildman–Crippen LogP) is 4.60. The lowest BCUT2D eigenvalue weighted by molar-refractivity contribution is 0.304. The van der Waals surface area contributed by atoms with Crippen molar-refractivity contribution in [2.45, 2.75) is 44.9 Å². The highest BCUT2D eigenvalue weighted by molar-refractivity contribution is 7.80. The van der Waals surface area contributed by atoms with E-state index in [0.29, 0.717) is 5.56 Å². The highest BCUT2D eigenvalue weighted by Crippen LogP contribution is 2.13. The smallest absolute Gasteiger partial charge is 0.119 e. The zero-order valence-corrected chi connectivity index (χ0v) is 12.4. The van der Waals surface area contributed by atoms with Crippen LogP contribution in [0.25, 0.3) is 0 Å². The van der Waals surface area contributed by atoms with Crippen LogP contribution in [0.1, 0.15) is 50.5 Å². The molecule has 0 spiro atoms. The molecule has 0 fully saturated rings. The second-order valence-electron chi connectivity index (χ2n) is 4.68. The third-order valence-corrected chi connectivity index (χ3v) is 3.37. The lowest BCUT2D eigenvalue weighted by atomic mass is 10.1. The van der Waals surface area contributed by atoms with Crippen LogP contribution >= 0.6 is 12.6 Å². The van der Waals surface area contributed by atoms with Crippen LogP contribution in [0.4, 0.5) is 0 Å². The van der Waals surface area contributed by atoms with Crippen molar-refractivity contribution in [3.05, 3.63) is 29.8 Å². The molecule has 0 aliphatic rings. The molecule has 0 aromatic heterocycles. The van der Waals surface area contributed by atoms with E-state index in [1.54, 1.807) is 12.1 Å². The summed E-state index contributed by atoms with van der Waals surface area (Å²) in [6.07, 6.45) is 8.84. The Kier molecular flexibility index (Phi) is 9.01. The van der Waals surface area contributed by atoms with E-state index in [4.69, 9.17) is 10.00 Å². The van der Waals surface area contributed by atoms with Crippen molar-refractivity contribution in [3.8, 4) is 11.8 Å². The van der Waals surface area contributed by atoms with Gasteiger partial charge in [-0.15, -0.1) is 0 Å². The first kappa shape index (κ1) is 15.9. The fourth-order valence-corrected chi connectivity index (χ4v) is 2.14. The van der Waals surface area contributed by atoms with Gasteiger partial charge in [0.05, 0.1) is 18.2 Å². The predicted molar refractivity (Wildman–Crippen MR) is 82.8 cm³/mol. The fourth-order valence-electron chi connectivity index (χ4n) is 1.91. The number of hydrogen-bond donors (Lipinski definition) is 1. The molecule has 1 aromatic carbocycles. The topological polar surface area (TPSA) is 33.0 Å². The van der Waals surface area contributed by atoms with Crippen molar-refractivity contribution in [3.63, 3.8) is 0 Å². The molecule has 0 heterocycles. The average molecular weight is 277 g/mol. The highest BCUT2D eigenvalue weighted by atomic mass is 32.1. The van der Waals surface area contributed by atoms with Crippen LogP contribution in [0.2, 0.25) is 0 Å². The number of ether oxygens (including phenoxy) is 1. The first-order valence-electron chi connectivity index (χ1n) is 7.10. The van der Waals surface area contributed by atoms with Crippen LogP contribution in [0.15, 0.2) is 24.3 Å². The van der Waals surface area contributed by atoms with Crippen molar-refractivity contribution in [1.29, 1.82) is 5.26 Å². The Morgan fingerprint density at radius 1 is 0.895 bits per heavy atom. The Bertz CT molecular complexity index is 369. The SMILES string of the molecule is N#Cc1ccc(OCCCCCCCCCS)cc1. The van der Waals surface area contributed by atoms with Crippen LogP contribution in [0, 0.1) is 11.3 Å². The van der Waals surface area contributed by atoms with Crippen molar-refractivity contribution < 1.29 is 4.74 Å². The molecule has 104 valence electrons. The van der Waals surface area contributed by atoms with Gasteiger partial charge in [-0.2, -0.15) is 17.9 Å². The molecule has 1 aromatic rings. The Morgan fingerprint density at radius 3 is 2.05 bits per heavy atom. The third kappa shape index (κ3) is 7.79. The van der Waals surface area contributed by atoms with E-state index >= 15 is 0 Å². The summed E-state index contributed by atoms with van der Waals surface area (Å²) in [4.78, 5) is 0. The number of unbranched alkanes of at least 4 members (excludes halogenated alkanes) is 6.